The van der Waals surface area contributed by atoms with Crippen molar-refractivity contribution in [2.75, 3.05) is 23.3 Å². The van der Waals surface area contributed by atoms with Gasteiger partial charge in [0.1, 0.15) is 0 Å². The summed E-state index contributed by atoms with van der Waals surface area (Å²) in [7, 11) is 0. The number of urea groups is 1. The minimum Gasteiger partial charge on any atom is -0.338 e. The average molecular weight is 421 g/mol. The molecule has 0 bridgehead atoms. The lowest BCUT2D eigenvalue weighted by Gasteiger charge is -2.17. The molecule has 1 aromatic heterocycles. The van der Waals surface area contributed by atoms with Crippen molar-refractivity contribution >= 4 is 34.1 Å². The number of thiazole rings is 1. The molecule has 30 heavy (non-hydrogen) atoms. The van der Waals surface area contributed by atoms with Gasteiger partial charge < -0.3 is 5.32 Å². The Balaban J connectivity index is 1.51. The van der Waals surface area contributed by atoms with Crippen molar-refractivity contribution in [2.24, 2.45) is 0 Å². The molecule has 3 amide bonds. The van der Waals surface area contributed by atoms with E-state index in [1.807, 2.05) is 56.5 Å². The maximum atomic E-state index is 12.6. The van der Waals surface area contributed by atoms with E-state index in [1.54, 1.807) is 4.90 Å². The van der Waals surface area contributed by atoms with Crippen molar-refractivity contribution in [2.45, 2.75) is 27.2 Å². The molecule has 0 atom stereocenters. The molecule has 4 rings (SSSR count). The fourth-order valence-electron chi connectivity index (χ4n) is 3.76. The second-order valence-corrected chi connectivity index (χ2v) is 8.31. The second kappa shape index (κ2) is 8.28. The summed E-state index contributed by atoms with van der Waals surface area (Å²) in [6.07, 6.45) is 0.820. The highest BCUT2D eigenvalue weighted by atomic mass is 32.1. The van der Waals surface area contributed by atoms with Gasteiger partial charge in [-0.3, -0.25) is 15.0 Å². The molecule has 2 N–H and O–H groups in total. The SMILES string of the molecule is CCNC(=O)N1CCc2cc(-c3csc(NC(=O)c4cc(C)cc(C)c4)n3)ccc21. The molecule has 154 valence electrons. The van der Waals surface area contributed by atoms with E-state index < -0.39 is 0 Å². The van der Waals surface area contributed by atoms with E-state index in [2.05, 4.69) is 21.7 Å². The third kappa shape index (κ3) is 4.07. The maximum absolute atomic E-state index is 12.6. The van der Waals surface area contributed by atoms with E-state index in [-0.39, 0.29) is 11.9 Å². The molecule has 3 aromatic rings. The van der Waals surface area contributed by atoms with Crippen LogP contribution in [0, 0.1) is 13.8 Å². The number of nitrogens with zero attached hydrogens (tertiary/aromatic N) is 2. The summed E-state index contributed by atoms with van der Waals surface area (Å²) >= 11 is 1.40. The van der Waals surface area contributed by atoms with Crippen LogP contribution in [0.2, 0.25) is 0 Å². The zero-order chi connectivity index (χ0) is 21.3. The first kappa shape index (κ1) is 20.1. The number of amides is 3. The molecule has 0 unspecified atom stereocenters. The Labute approximate surface area is 180 Å². The number of rotatable bonds is 4. The molecule has 2 heterocycles. The van der Waals surface area contributed by atoms with Crippen LogP contribution in [-0.2, 0) is 6.42 Å². The van der Waals surface area contributed by atoms with Crippen LogP contribution in [0.15, 0.2) is 41.8 Å². The quantitative estimate of drug-likeness (QED) is 0.638. The number of aryl methyl sites for hydroxylation is 2. The third-order valence-corrected chi connectivity index (χ3v) is 5.81. The number of hydrogen-bond acceptors (Lipinski definition) is 4. The van der Waals surface area contributed by atoms with E-state index in [0.29, 0.717) is 23.8 Å². The van der Waals surface area contributed by atoms with Crippen LogP contribution in [0.3, 0.4) is 0 Å². The molecule has 0 saturated heterocycles. The highest BCUT2D eigenvalue weighted by Gasteiger charge is 2.24. The molecule has 1 aliphatic heterocycles. The summed E-state index contributed by atoms with van der Waals surface area (Å²) in [6, 6.07) is 11.8. The number of carbonyl (C=O) groups excluding carboxylic acids is 2. The van der Waals surface area contributed by atoms with E-state index >= 15 is 0 Å². The van der Waals surface area contributed by atoms with Crippen molar-refractivity contribution in [3.63, 3.8) is 0 Å². The normalized spacial score (nSPS) is 12.6. The molecule has 6 nitrogen and oxygen atoms in total. The second-order valence-electron chi connectivity index (χ2n) is 7.45. The Morgan fingerprint density at radius 1 is 1.13 bits per heavy atom. The Morgan fingerprint density at radius 2 is 1.90 bits per heavy atom. The number of benzene rings is 2. The Hall–Kier alpha value is -3.19. The summed E-state index contributed by atoms with van der Waals surface area (Å²) in [5.74, 6) is -0.158. The standard InChI is InChI=1S/C23H24N4O2S/c1-4-24-23(29)27-8-7-17-12-16(5-6-20(17)27)19-13-30-22(25-19)26-21(28)18-10-14(2)9-15(3)11-18/h5-6,9-13H,4,7-8H2,1-3H3,(H,24,29)(H,25,26,28). The van der Waals surface area contributed by atoms with Crippen molar-refractivity contribution in [1.29, 1.82) is 0 Å². The first-order valence-electron chi connectivity index (χ1n) is 9.98. The summed E-state index contributed by atoms with van der Waals surface area (Å²) in [6.45, 7) is 7.16. The number of fused-ring (bicyclic) bond motifs is 1. The van der Waals surface area contributed by atoms with Gasteiger partial charge in [0.25, 0.3) is 5.91 Å². The molecule has 2 aromatic carbocycles. The predicted molar refractivity (Wildman–Crippen MR) is 122 cm³/mol. The zero-order valence-corrected chi connectivity index (χ0v) is 18.1. The van der Waals surface area contributed by atoms with Gasteiger partial charge in [0, 0.05) is 35.3 Å². The van der Waals surface area contributed by atoms with Crippen molar-refractivity contribution < 1.29 is 9.59 Å². The highest BCUT2D eigenvalue weighted by Crippen LogP contribution is 2.33. The number of anilines is 2. The van der Waals surface area contributed by atoms with Gasteiger partial charge in [0.15, 0.2) is 5.13 Å². The fraction of sp³-hybridized carbons (Fsp3) is 0.261. The molecule has 0 saturated carbocycles. The van der Waals surface area contributed by atoms with Crippen molar-refractivity contribution in [3.8, 4) is 11.3 Å². The van der Waals surface area contributed by atoms with Crippen LogP contribution in [0.5, 0.6) is 0 Å². The molecule has 7 heteroatoms. The van der Waals surface area contributed by atoms with Crippen LogP contribution >= 0.6 is 11.3 Å². The molecule has 0 spiro atoms. The highest BCUT2D eigenvalue weighted by molar-refractivity contribution is 7.14. The number of hydrogen-bond donors (Lipinski definition) is 2. The molecule has 1 aliphatic rings. The smallest absolute Gasteiger partial charge is 0.321 e. The lowest BCUT2D eigenvalue weighted by molar-refractivity contribution is 0.102. The summed E-state index contributed by atoms with van der Waals surface area (Å²) in [4.78, 5) is 31.1. The summed E-state index contributed by atoms with van der Waals surface area (Å²) in [5.41, 5.74) is 6.62. The number of nitrogens with one attached hydrogen (secondary N) is 2. The molecular weight excluding hydrogens is 396 g/mol. The van der Waals surface area contributed by atoms with E-state index in [4.69, 9.17) is 0 Å². The predicted octanol–water partition coefficient (Wildman–Crippen LogP) is 4.77. The van der Waals surface area contributed by atoms with Crippen molar-refractivity contribution in [1.82, 2.24) is 10.3 Å². The van der Waals surface area contributed by atoms with Crippen LogP contribution < -0.4 is 15.5 Å². The van der Waals surface area contributed by atoms with E-state index in [0.717, 1.165) is 40.1 Å². The maximum Gasteiger partial charge on any atom is 0.321 e. The lowest BCUT2D eigenvalue weighted by atomic mass is 10.1. The van der Waals surface area contributed by atoms with Crippen LogP contribution in [-0.4, -0.2) is 30.0 Å². The number of carbonyl (C=O) groups is 2. The minimum absolute atomic E-state index is 0.0611. The lowest BCUT2D eigenvalue weighted by Crippen LogP contribution is -2.38. The molecule has 0 aliphatic carbocycles. The van der Waals surface area contributed by atoms with Gasteiger partial charge in [-0.05, 0) is 57.0 Å². The Morgan fingerprint density at radius 3 is 2.63 bits per heavy atom. The Kier molecular flexibility index (Phi) is 5.55. The molecule has 0 radical (unpaired) electrons. The zero-order valence-electron chi connectivity index (χ0n) is 17.3. The molecular formula is C23H24N4O2S. The van der Waals surface area contributed by atoms with Gasteiger partial charge in [-0.25, -0.2) is 9.78 Å². The van der Waals surface area contributed by atoms with Gasteiger partial charge in [-0.1, -0.05) is 23.3 Å². The van der Waals surface area contributed by atoms with Crippen LogP contribution in [0.4, 0.5) is 15.6 Å². The number of aromatic nitrogens is 1. The van der Waals surface area contributed by atoms with Gasteiger partial charge in [-0.2, -0.15) is 0 Å². The summed E-state index contributed by atoms with van der Waals surface area (Å²) < 4.78 is 0. The van der Waals surface area contributed by atoms with Gasteiger partial charge in [0.2, 0.25) is 0 Å². The first-order valence-corrected chi connectivity index (χ1v) is 10.9. The third-order valence-electron chi connectivity index (χ3n) is 5.05. The topological polar surface area (TPSA) is 74.3 Å². The largest absolute Gasteiger partial charge is 0.338 e. The fourth-order valence-corrected chi connectivity index (χ4v) is 4.47. The van der Waals surface area contributed by atoms with Gasteiger partial charge >= 0.3 is 6.03 Å². The van der Waals surface area contributed by atoms with Gasteiger partial charge in [-0.15, -0.1) is 11.3 Å². The summed E-state index contributed by atoms with van der Waals surface area (Å²) in [5, 5.41) is 8.26. The average Bonchev–Trinajstić information content (AvgIpc) is 3.33. The van der Waals surface area contributed by atoms with Crippen molar-refractivity contribution in [3.05, 3.63) is 64.0 Å². The van der Waals surface area contributed by atoms with Gasteiger partial charge in [0.05, 0.1) is 5.69 Å². The van der Waals surface area contributed by atoms with Crippen LogP contribution in [0.25, 0.3) is 11.3 Å². The van der Waals surface area contributed by atoms with E-state index in [9.17, 15) is 9.59 Å². The van der Waals surface area contributed by atoms with E-state index in [1.165, 1.54) is 11.3 Å². The van der Waals surface area contributed by atoms with Crippen LogP contribution in [0.1, 0.15) is 34.0 Å². The minimum atomic E-state index is -0.158. The Bertz CT molecular complexity index is 1100. The monoisotopic (exact) mass is 420 g/mol. The first-order chi connectivity index (χ1) is 14.4. The molecule has 0 fully saturated rings.